The molecular formula is C25H25F3N4O3. The zero-order valence-corrected chi connectivity index (χ0v) is 19.4. The molecule has 35 heavy (non-hydrogen) atoms. The van der Waals surface area contributed by atoms with Gasteiger partial charge in [-0.2, -0.15) is 13.2 Å². The average molecular weight is 486 g/mol. The third kappa shape index (κ3) is 4.87. The standard InChI is InChI=1S/C25H25F3N4O3/c1-3-19-11-30-23(35-19)20-6-4-14(2)31-22(20)24(33)32-12-16-8-15(16)9-18(32)13-34-21-7-5-17(10-29-21)25(26,27)28/h4-7,10-11,15-16,18H,3,8-9,12-13H2,1-2H3/t15-,16+,18?/m1/s1. The molecule has 2 fully saturated rings. The molecule has 3 aromatic heterocycles. The SMILES string of the molecule is CCc1cnc(-c2ccc(C)nc2C(=O)N2C[C@@H]3C[C@@H]3CC2COc2ccc(C(F)(F)F)cn2)o1. The summed E-state index contributed by atoms with van der Waals surface area (Å²) in [5, 5.41) is 0. The van der Waals surface area contributed by atoms with E-state index in [4.69, 9.17) is 9.15 Å². The largest absolute Gasteiger partial charge is 0.475 e. The minimum absolute atomic E-state index is 0.0876. The first kappa shape index (κ1) is 23.3. The number of pyridine rings is 2. The molecule has 0 radical (unpaired) electrons. The van der Waals surface area contributed by atoms with Crippen LogP contribution in [0.2, 0.25) is 0 Å². The number of nitrogens with zero attached hydrogens (tertiary/aromatic N) is 4. The van der Waals surface area contributed by atoms with E-state index in [1.165, 1.54) is 6.07 Å². The van der Waals surface area contributed by atoms with Crippen LogP contribution in [0.25, 0.3) is 11.5 Å². The van der Waals surface area contributed by atoms with Gasteiger partial charge < -0.3 is 14.1 Å². The van der Waals surface area contributed by atoms with E-state index in [-0.39, 0.29) is 30.1 Å². The minimum Gasteiger partial charge on any atom is -0.475 e. The Hall–Kier alpha value is -3.43. The Balaban J connectivity index is 1.37. The van der Waals surface area contributed by atoms with E-state index in [1.54, 1.807) is 17.2 Å². The first-order valence-electron chi connectivity index (χ1n) is 11.6. The number of amides is 1. The van der Waals surface area contributed by atoms with Crippen LogP contribution in [0.1, 0.15) is 47.3 Å². The van der Waals surface area contributed by atoms with Gasteiger partial charge in [0.1, 0.15) is 18.1 Å². The van der Waals surface area contributed by atoms with Crippen molar-refractivity contribution >= 4 is 5.91 Å². The Morgan fingerprint density at radius 2 is 1.97 bits per heavy atom. The number of aromatic nitrogens is 3. The molecule has 3 aromatic rings. The summed E-state index contributed by atoms with van der Waals surface area (Å²) in [6.45, 7) is 4.49. The second-order valence-corrected chi connectivity index (χ2v) is 9.13. The van der Waals surface area contributed by atoms with Crippen LogP contribution in [0.5, 0.6) is 5.88 Å². The van der Waals surface area contributed by atoms with Gasteiger partial charge in [-0.3, -0.25) is 4.79 Å². The van der Waals surface area contributed by atoms with E-state index in [1.807, 2.05) is 19.9 Å². The molecule has 4 heterocycles. The summed E-state index contributed by atoms with van der Waals surface area (Å²) in [6.07, 6.45) is 0.428. The number of piperidine rings is 1. The van der Waals surface area contributed by atoms with E-state index in [0.29, 0.717) is 47.7 Å². The fraction of sp³-hybridized carbons (Fsp3) is 0.440. The molecule has 1 amide bonds. The van der Waals surface area contributed by atoms with E-state index in [9.17, 15) is 18.0 Å². The van der Waals surface area contributed by atoms with Gasteiger partial charge in [0.2, 0.25) is 11.8 Å². The molecule has 1 aliphatic carbocycles. The van der Waals surface area contributed by atoms with Crippen molar-refractivity contribution in [3.8, 4) is 17.3 Å². The molecule has 0 N–H and O–H groups in total. The number of likely N-dealkylation sites (tertiary alicyclic amines) is 1. The molecule has 1 saturated carbocycles. The molecule has 0 bridgehead atoms. The summed E-state index contributed by atoms with van der Waals surface area (Å²) in [7, 11) is 0. The molecule has 1 aliphatic heterocycles. The van der Waals surface area contributed by atoms with Crippen molar-refractivity contribution in [2.45, 2.75) is 45.3 Å². The van der Waals surface area contributed by atoms with E-state index in [0.717, 1.165) is 25.1 Å². The molecule has 7 nitrogen and oxygen atoms in total. The molecule has 10 heteroatoms. The number of hydrogen-bond acceptors (Lipinski definition) is 6. The van der Waals surface area contributed by atoms with Gasteiger partial charge >= 0.3 is 6.18 Å². The summed E-state index contributed by atoms with van der Waals surface area (Å²) in [5.74, 6) is 1.88. The van der Waals surface area contributed by atoms with Crippen molar-refractivity contribution in [3.05, 3.63) is 59.4 Å². The van der Waals surface area contributed by atoms with Gasteiger partial charge in [-0.1, -0.05) is 6.92 Å². The number of carbonyl (C=O) groups is 1. The minimum atomic E-state index is -4.46. The van der Waals surface area contributed by atoms with Gasteiger partial charge in [-0.25, -0.2) is 15.0 Å². The van der Waals surface area contributed by atoms with Gasteiger partial charge in [0, 0.05) is 30.9 Å². The Morgan fingerprint density at radius 1 is 1.14 bits per heavy atom. The number of carbonyl (C=O) groups excluding carboxylic acids is 1. The number of ether oxygens (including phenoxy) is 1. The third-order valence-electron chi connectivity index (χ3n) is 6.63. The van der Waals surface area contributed by atoms with Crippen LogP contribution in [0.15, 0.2) is 41.1 Å². The molecule has 2 aliphatic rings. The molecule has 0 aromatic carbocycles. The van der Waals surface area contributed by atoms with Crippen molar-refractivity contribution in [3.63, 3.8) is 0 Å². The summed E-state index contributed by atoms with van der Waals surface area (Å²) in [4.78, 5) is 28.2. The first-order chi connectivity index (χ1) is 16.7. The lowest BCUT2D eigenvalue weighted by Gasteiger charge is -2.35. The number of rotatable bonds is 6. The maximum Gasteiger partial charge on any atom is 0.417 e. The van der Waals surface area contributed by atoms with E-state index < -0.39 is 11.7 Å². The van der Waals surface area contributed by atoms with Crippen molar-refractivity contribution in [1.29, 1.82) is 0 Å². The highest BCUT2D eigenvalue weighted by atomic mass is 19.4. The quantitative estimate of drug-likeness (QED) is 0.490. The predicted molar refractivity (Wildman–Crippen MR) is 120 cm³/mol. The summed E-state index contributed by atoms with van der Waals surface area (Å²) >= 11 is 0. The van der Waals surface area contributed by atoms with Crippen molar-refractivity contribution in [2.75, 3.05) is 13.2 Å². The summed E-state index contributed by atoms with van der Waals surface area (Å²) in [5.41, 5.74) is 0.659. The van der Waals surface area contributed by atoms with E-state index in [2.05, 4.69) is 15.0 Å². The van der Waals surface area contributed by atoms with E-state index >= 15 is 0 Å². The first-order valence-corrected chi connectivity index (χ1v) is 11.6. The predicted octanol–water partition coefficient (Wildman–Crippen LogP) is 4.95. The molecule has 5 rings (SSSR count). The van der Waals surface area contributed by atoms with Crippen molar-refractivity contribution in [2.24, 2.45) is 11.8 Å². The smallest absolute Gasteiger partial charge is 0.417 e. The van der Waals surface area contributed by atoms with Crippen LogP contribution in [-0.4, -0.2) is 45.0 Å². The number of hydrogen-bond donors (Lipinski definition) is 0. The highest BCUT2D eigenvalue weighted by molar-refractivity contribution is 5.98. The highest BCUT2D eigenvalue weighted by Gasteiger charge is 2.48. The van der Waals surface area contributed by atoms with Gasteiger partial charge in [0.25, 0.3) is 5.91 Å². The Kier molecular flexibility index (Phi) is 5.98. The van der Waals surface area contributed by atoms with Crippen LogP contribution in [0, 0.1) is 18.8 Å². The number of fused-ring (bicyclic) bond motifs is 1. The van der Waals surface area contributed by atoms with Crippen LogP contribution in [0.4, 0.5) is 13.2 Å². The summed E-state index contributed by atoms with van der Waals surface area (Å²) < 4.78 is 50.0. The zero-order chi connectivity index (χ0) is 24.7. The van der Waals surface area contributed by atoms with Gasteiger partial charge in [0.05, 0.1) is 23.4 Å². The van der Waals surface area contributed by atoms with Crippen LogP contribution < -0.4 is 4.74 Å². The fourth-order valence-corrected chi connectivity index (χ4v) is 4.55. The maximum absolute atomic E-state index is 13.8. The molecule has 0 spiro atoms. The average Bonchev–Trinajstić information content (AvgIpc) is 3.44. The van der Waals surface area contributed by atoms with Crippen LogP contribution in [-0.2, 0) is 12.6 Å². The molecule has 1 unspecified atom stereocenters. The van der Waals surface area contributed by atoms with Gasteiger partial charge in [-0.15, -0.1) is 0 Å². The second-order valence-electron chi connectivity index (χ2n) is 9.13. The zero-order valence-electron chi connectivity index (χ0n) is 19.4. The van der Waals surface area contributed by atoms with Crippen molar-refractivity contribution < 1.29 is 27.1 Å². The Labute approximate surface area is 200 Å². The fourth-order valence-electron chi connectivity index (χ4n) is 4.55. The lowest BCUT2D eigenvalue weighted by atomic mass is 10.0. The number of alkyl halides is 3. The third-order valence-corrected chi connectivity index (χ3v) is 6.63. The van der Waals surface area contributed by atoms with Gasteiger partial charge in [-0.05, 0) is 49.8 Å². The van der Waals surface area contributed by atoms with Crippen molar-refractivity contribution in [1.82, 2.24) is 19.9 Å². The van der Waals surface area contributed by atoms with Gasteiger partial charge in [0.15, 0.2) is 0 Å². The van der Waals surface area contributed by atoms with Crippen LogP contribution in [0.3, 0.4) is 0 Å². The lowest BCUT2D eigenvalue weighted by molar-refractivity contribution is -0.137. The topological polar surface area (TPSA) is 81.4 Å². The maximum atomic E-state index is 13.8. The number of oxazole rings is 1. The normalized spacial score (nSPS) is 21.5. The van der Waals surface area contributed by atoms with Crippen LogP contribution >= 0.6 is 0 Å². The number of aryl methyl sites for hydroxylation is 2. The monoisotopic (exact) mass is 486 g/mol. The molecule has 1 saturated heterocycles. The highest BCUT2D eigenvalue weighted by Crippen LogP contribution is 2.47. The Morgan fingerprint density at radius 3 is 2.66 bits per heavy atom. The Bertz CT molecular complexity index is 1230. The summed E-state index contributed by atoms with van der Waals surface area (Å²) in [6, 6.07) is 5.49. The number of halogens is 3. The molecular weight excluding hydrogens is 461 g/mol. The lowest BCUT2D eigenvalue weighted by Crippen LogP contribution is -2.48. The second kappa shape index (κ2) is 8.98. The molecule has 184 valence electrons. The molecule has 3 atom stereocenters.